The van der Waals surface area contributed by atoms with Gasteiger partial charge in [-0.1, -0.05) is 18.2 Å². The number of fused-ring (bicyclic) bond motifs is 1. The standard InChI is InChI=1S/C20H20N2O3/c1-23-15-10-8-14(9-11-15)19-17-6-2-3-7-18(17)20(22-21-19)25-13-16-5-4-12-24-16/h2-3,6-11,16H,4-5,12-13H2,1H3. The molecule has 1 aliphatic heterocycles. The van der Waals surface area contributed by atoms with Crippen molar-refractivity contribution in [1.82, 2.24) is 10.2 Å². The summed E-state index contributed by atoms with van der Waals surface area (Å²) < 4.78 is 16.8. The average molecular weight is 336 g/mol. The van der Waals surface area contributed by atoms with Crippen LogP contribution in [0.2, 0.25) is 0 Å². The van der Waals surface area contributed by atoms with E-state index in [2.05, 4.69) is 10.2 Å². The zero-order chi connectivity index (χ0) is 17.1. The van der Waals surface area contributed by atoms with Crippen LogP contribution >= 0.6 is 0 Å². The first-order chi connectivity index (χ1) is 12.3. The summed E-state index contributed by atoms with van der Waals surface area (Å²) in [4.78, 5) is 0. The third-order valence-electron chi connectivity index (χ3n) is 4.45. The molecule has 0 bridgehead atoms. The predicted octanol–water partition coefficient (Wildman–Crippen LogP) is 3.86. The van der Waals surface area contributed by atoms with Gasteiger partial charge in [0.15, 0.2) is 0 Å². The van der Waals surface area contributed by atoms with Gasteiger partial charge >= 0.3 is 0 Å². The number of hydrogen-bond acceptors (Lipinski definition) is 5. The Morgan fingerprint density at radius 2 is 1.84 bits per heavy atom. The summed E-state index contributed by atoms with van der Waals surface area (Å²) in [6.07, 6.45) is 2.29. The second kappa shape index (κ2) is 7.07. The van der Waals surface area contributed by atoms with E-state index in [4.69, 9.17) is 14.2 Å². The minimum absolute atomic E-state index is 0.154. The first kappa shape index (κ1) is 15.8. The Balaban J connectivity index is 1.68. The van der Waals surface area contributed by atoms with Crippen molar-refractivity contribution in [3.8, 4) is 22.9 Å². The molecule has 4 rings (SSSR count). The van der Waals surface area contributed by atoms with Gasteiger partial charge in [-0.15, -0.1) is 10.2 Å². The van der Waals surface area contributed by atoms with Crippen LogP contribution in [-0.4, -0.2) is 36.6 Å². The summed E-state index contributed by atoms with van der Waals surface area (Å²) >= 11 is 0. The van der Waals surface area contributed by atoms with Crippen molar-refractivity contribution in [3.05, 3.63) is 48.5 Å². The highest BCUT2D eigenvalue weighted by atomic mass is 16.5. The molecule has 1 unspecified atom stereocenters. The maximum absolute atomic E-state index is 5.91. The predicted molar refractivity (Wildman–Crippen MR) is 96.0 cm³/mol. The maximum Gasteiger partial charge on any atom is 0.241 e. The minimum atomic E-state index is 0.154. The van der Waals surface area contributed by atoms with Crippen LogP contribution < -0.4 is 9.47 Å². The molecule has 0 radical (unpaired) electrons. The number of hydrogen-bond donors (Lipinski definition) is 0. The minimum Gasteiger partial charge on any atom is -0.497 e. The molecule has 1 aliphatic rings. The summed E-state index contributed by atoms with van der Waals surface area (Å²) in [7, 11) is 1.66. The summed E-state index contributed by atoms with van der Waals surface area (Å²) in [5, 5.41) is 10.7. The highest BCUT2D eigenvalue weighted by Gasteiger charge is 2.18. The molecule has 2 aromatic carbocycles. The molecule has 1 fully saturated rings. The second-order valence-corrected chi connectivity index (χ2v) is 6.07. The number of benzene rings is 2. The Bertz CT molecular complexity index is 858. The van der Waals surface area contributed by atoms with E-state index >= 15 is 0 Å². The molecule has 2 heterocycles. The number of rotatable bonds is 5. The molecule has 1 saturated heterocycles. The van der Waals surface area contributed by atoms with Gasteiger partial charge in [0.2, 0.25) is 5.88 Å². The van der Waals surface area contributed by atoms with Gasteiger partial charge in [0.25, 0.3) is 0 Å². The van der Waals surface area contributed by atoms with E-state index in [1.165, 1.54) is 0 Å². The monoisotopic (exact) mass is 336 g/mol. The van der Waals surface area contributed by atoms with Gasteiger partial charge in [0, 0.05) is 22.9 Å². The fraction of sp³-hybridized carbons (Fsp3) is 0.300. The Labute approximate surface area is 146 Å². The van der Waals surface area contributed by atoms with Crippen molar-refractivity contribution in [2.24, 2.45) is 0 Å². The number of ether oxygens (including phenoxy) is 3. The van der Waals surface area contributed by atoms with Gasteiger partial charge in [0.05, 0.1) is 13.2 Å². The summed E-state index contributed by atoms with van der Waals surface area (Å²) in [6.45, 7) is 1.33. The van der Waals surface area contributed by atoms with E-state index in [0.29, 0.717) is 12.5 Å². The number of methoxy groups -OCH3 is 1. The molecule has 0 spiro atoms. The summed E-state index contributed by atoms with van der Waals surface area (Å²) in [5.74, 6) is 1.38. The quantitative estimate of drug-likeness (QED) is 0.708. The van der Waals surface area contributed by atoms with E-state index < -0.39 is 0 Å². The zero-order valence-electron chi connectivity index (χ0n) is 14.1. The van der Waals surface area contributed by atoms with Crippen molar-refractivity contribution in [2.45, 2.75) is 18.9 Å². The molecule has 0 N–H and O–H groups in total. The van der Waals surface area contributed by atoms with E-state index in [-0.39, 0.29) is 6.10 Å². The SMILES string of the molecule is COc1ccc(-c2nnc(OCC3CCCO3)c3ccccc23)cc1. The fourth-order valence-electron chi connectivity index (χ4n) is 3.10. The smallest absolute Gasteiger partial charge is 0.241 e. The van der Waals surface area contributed by atoms with Crippen LogP contribution in [-0.2, 0) is 4.74 Å². The first-order valence-corrected chi connectivity index (χ1v) is 8.49. The van der Waals surface area contributed by atoms with Crippen molar-refractivity contribution in [3.63, 3.8) is 0 Å². The first-order valence-electron chi connectivity index (χ1n) is 8.49. The van der Waals surface area contributed by atoms with Gasteiger partial charge in [-0.3, -0.25) is 0 Å². The molecule has 25 heavy (non-hydrogen) atoms. The maximum atomic E-state index is 5.91. The van der Waals surface area contributed by atoms with Crippen LogP contribution in [0.1, 0.15) is 12.8 Å². The molecule has 5 nitrogen and oxygen atoms in total. The number of nitrogens with zero attached hydrogens (tertiary/aromatic N) is 2. The Morgan fingerprint density at radius 1 is 1.04 bits per heavy atom. The van der Waals surface area contributed by atoms with Crippen LogP contribution in [0.4, 0.5) is 0 Å². The Hall–Kier alpha value is -2.66. The molecule has 1 atom stereocenters. The zero-order valence-corrected chi connectivity index (χ0v) is 14.1. The normalized spacial score (nSPS) is 16.9. The number of aromatic nitrogens is 2. The lowest BCUT2D eigenvalue weighted by atomic mass is 10.0. The van der Waals surface area contributed by atoms with Crippen LogP contribution in [0, 0.1) is 0 Å². The highest BCUT2D eigenvalue weighted by molar-refractivity contribution is 5.96. The third kappa shape index (κ3) is 3.28. The van der Waals surface area contributed by atoms with Crippen LogP contribution in [0.25, 0.3) is 22.0 Å². The molecular weight excluding hydrogens is 316 g/mol. The largest absolute Gasteiger partial charge is 0.497 e. The van der Waals surface area contributed by atoms with E-state index in [1.54, 1.807) is 7.11 Å². The van der Waals surface area contributed by atoms with Crippen LogP contribution in [0.5, 0.6) is 11.6 Å². The molecule has 128 valence electrons. The van der Waals surface area contributed by atoms with Crippen molar-refractivity contribution < 1.29 is 14.2 Å². The topological polar surface area (TPSA) is 53.5 Å². The van der Waals surface area contributed by atoms with Gasteiger partial charge in [-0.2, -0.15) is 0 Å². The highest BCUT2D eigenvalue weighted by Crippen LogP contribution is 2.31. The Kier molecular flexibility index (Phi) is 4.48. The molecule has 3 aromatic rings. The van der Waals surface area contributed by atoms with Crippen molar-refractivity contribution in [2.75, 3.05) is 20.3 Å². The van der Waals surface area contributed by atoms with Gasteiger partial charge in [0.1, 0.15) is 18.1 Å². The lowest BCUT2D eigenvalue weighted by molar-refractivity contribution is 0.0666. The molecule has 5 heteroatoms. The lowest BCUT2D eigenvalue weighted by Crippen LogP contribution is -2.17. The summed E-state index contributed by atoms with van der Waals surface area (Å²) in [5.41, 5.74) is 1.83. The summed E-state index contributed by atoms with van der Waals surface area (Å²) in [6, 6.07) is 15.9. The van der Waals surface area contributed by atoms with E-state index in [0.717, 1.165) is 47.2 Å². The van der Waals surface area contributed by atoms with Gasteiger partial charge in [-0.25, -0.2) is 0 Å². The van der Waals surface area contributed by atoms with Crippen molar-refractivity contribution >= 4 is 10.8 Å². The van der Waals surface area contributed by atoms with Crippen LogP contribution in [0.3, 0.4) is 0 Å². The van der Waals surface area contributed by atoms with Gasteiger partial charge < -0.3 is 14.2 Å². The van der Waals surface area contributed by atoms with Crippen LogP contribution in [0.15, 0.2) is 48.5 Å². The molecular formula is C20H20N2O3. The second-order valence-electron chi connectivity index (χ2n) is 6.07. The molecule has 0 saturated carbocycles. The van der Waals surface area contributed by atoms with Gasteiger partial charge in [-0.05, 0) is 43.2 Å². The fourth-order valence-corrected chi connectivity index (χ4v) is 3.10. The molecule has 0 amide bonds. The molecule has 0 aliphatic carbocycles. The lowest BCUT2D eigenvalue weighted by Gasteiger charge is -2.13. The van der Waals surface area contributed by atoms with E-state index in [1.807, 2.05) is 48.5 Å². The Morgan fingerprint density at radius 3 is 2.56 bits per heavy atom. The average Bonchev–Trinajstić information content (AvgIpc) is 3.20. The third-order valence-corrected chi connectivity index (χ3v) is 4.45. The molecule has 1 aromatic heterocycles. The van der Waals surface area contributed by atoms with E-state index in [9.17, 15) is 0 Å². The van der Waals surface area contributed by atoms with Crippen molar-refractivity contribution in [1.29, 1.82) is 0 Å².